The van der Waals surface area contributed by atoms with Gasteiger partial charge in [-0.15, -0.1) is 0 Å². The number of fused-ring (bicyclic) bond motifs is 1. The molecule has 0 aliphatic rings. The molecule has 11 heavy (non-hydrogen) atoms. The van der Waals surface area contributed by atoms with E-state index in [-0.39, 0.29) is 0 Å². The zero-order valence-corrected chi connectivity index (χ0v) is 7.79. The summed E-state index contributed by atoms with van der Waals surface area (Å²) in [7, 11) is 0. The lowest BCUT2D eigenvalue weighted by atomic mass is 10.3. The van der Waals surface area contributed by atoms with Gasteiger partial charge in [0.05, 0.1) is 40.3 Å². The minimum atomic E-state index is 1.06. The second-order valence-electron chi connectivity index (χ2n) is 2.22. The highest BCUT2D eigenvalue weighted by atomic mass is 127. The normalized spacial score (nSPS) is 10.3. The van der Waals surface area contributed by atoms with E-state index < -0.39 is 0 Å². The number of nitrogens with zero attached hydrogens (tertiary/aromatic N) is 1. The molecule has 0 bridgehead atoms. The zero-order valence-electron chi connectivity index (χ0n) is 5.63. The van der Waals surface area contributed by atoms with Gasteiger partial charge in [-0.05, 0) is 6.07 Å². The fourth-order valence-corrected chi connectivity index (χ4v) is 1.50. The molecule has 0 aromatic carbocycles. The maximum atomic E-state index is 4.00. The molecule has 2 aromatic heterocycles. The molecule has 0 atom stereocenters. The van der Waals surface area contributed by atoms with Crippen LogP contribution in [-0.2, 0) is 0 Å². The Morgan fingerprint density at radius 2 is 2.45 bits per heavy atom. The molecule has 0 fully saturated rings. The van der Waals surface area contributed by atoms with Crippen molar-refractivity contribution in [2.45, 2.75) is 0 Å². The summed E-state index contributed by atoms with van der Waals surface area (Å²) in [5, 5.41) is 1.18. The molecule has 3 nitrogen and oxygen atoms in total. The third kappa shape index (κ3) is 1.07. The van der Waals surface area contributed by atoms with Gasteiger partial charge in [0.25, 0.3) is 0 Å². The number of pyridine rings is 1. The summed E-state index contributed by atoms with van der Waals surface area (Å²) in [6, 6.07) is 1.98. The third-order valence-corrected chi connectivity index (χ3v) is 2.17. The summed E-state index contributed by atoms with van der Waals surface area (Å²) in [4.78, 5) is 7.11. The van der Waals surface area contributed by atoms with Gasteiger partial charge in [0, 0.05) is 17.8 Å². The van der Waals surface area contributed by atoms with Crippen LogP contribution in [0.3, 0.4) is 0 Å². The smallest absolute Gasteiger partial charge is 0.0685 e. The van der Waals surface area contributed by atoms with Crippen molar-refractivity contribution in [2.24, 2.45) is 0 Å². The second-order valence-corrected chi connectivity index (χ2v) is 2.76. The Morgan fingerprint density at radius 1 is 1.55 bits per heavy atom. The molecule has 0 unspecified atom stereocenters. The van der Waals surface area contributed by atoms with E-state index in [1.807, 2.05) is 18.5 Å². The largest absolute Gasteiger partial charge is 0.358 e. The predicted molar refractivity (Wildman–Crippen MR) is 53.7 cm³/mol. The van der Waals surface area contributed by atoms with E-state index in [4.69, 9.17) is 0 Å². The Labute approximate surface area is 77.7 Å². The molecule has 2 aromatic rings. The van der Waals surface area contributed by atoms with Crippen molar-refractivity contribution in [3.8, 4) is 0 Å². The maximum Gasteiger partial charge on any atom is 0.0685 e. The molecular weight excluding hydrogens is 253 g/mol. The maximum absolute atomic E-state index is 4.00. The first-order valence-electron chi connectivity index (χ1n) is 3.19. The van der Waals surface area contributed by atoms with Gasteiger partial charge in [-0.3, -0.25) is 4.98 Å². The number of halogens is 1. The van der Waals surface area contributed by atoms with E-state index in [1.54, 1.807) is 6.20 Å². The van der Waals surface area contributed by atoms with E-state index in [2.05, 4.69) is 36.4 Å². The molecular formula is C7H6IN3. The molecule has 4 heteroatoms. The van der Waals surface area contributed by atoms with Crippen LogP contribution < -0.4 is 3.53 Å². The lowest BCUT2D eigenvalue weighted by Gasteiger charge is -1.91. The molecule has 0 saturated carbocycles. The highest BCUT2D eigenvalue weighted by Gasteiger charge is 1.99. The highest BCUT2D eigenvalue weighted by Crippen LogP contribution is 2.22. The zero-order chi connectivity index (χ0) is 7.68. The number of hydrogen-bond donors (Lipinski definition) is 2. The van der Waals surface area contributed by atoms with Crippen molar-refractivity contribution in [3.05, 3.63) is 24.7 Å². The van der Waals surface area contributed by atoms with Crippen molar-refractivity contribution in [1.29, 1.82) is 0 Å². The first-order valence-corrected chi connectivity index (χ1v) is 4.27. The van der Waals surface area contributed by atoms with Crippen LogP contribution in [0.2, 0.25) is 0 Å². The number of nitrogens with one attached hydrogen (secondary N) is 2. The Balaban J connectivity index is 2.76. The first kappa shape index (κ1) is 6.90. The number of hydrogen-bond acceptors (Lipinski definition) is 2. The molecule has 2 heterocycles. The number of anilines is 1. The van der Waals surface area contributed by atoms with Gasteiger partial charge in [-0.2, -0.15) is 0 Å². The van der Waals surface area contributed by atoms with E-state index in [0.29, 0.717) is 0 Å². The molecule has 0 saturated heterocycles. The highest BCUT2D eigenvalue weighted by molar-refractivity contribution is 14.1. The summed E-state index contributed by atoms with van der Waals surface area (Å²) in [5.74, 6) is 0. The summed E-state index contributed by atoms with van der Waals surface area (Å²) < 4.78 is 3.06. The van der Waals surface area contributed by atoms with Gasteiger partial charge in [-0.1, -0.05) is 0 Å². The fourth-order valence-electron chi connectivity index (χ4n) is 1.05. The van der Waals surface area contributed by atoms with Crippen LogP contribution in [-0.4, -0.2) is 9.97 Å². The second kappa shape index (κ2) is 2.69. The monoisotopic (exact) mass is 259 g/mol. The lowest BCUT2D eigenvalue weighted by Crippen LogP contribution is -1.74. The number of aromatic amines is 1. The molecule has 0 radical (unpaired) electrons. The lowest BCUT2D eigenvalue weighted by molar-refractivity contribution is 1.34. The van der Waals surface area contributed by atoms with Crippen LogP contribution in [0.4, 0.5) is 5.69 Å². The molecule has 2 rings (SSSR count). The first-order chi connectivity index (χ1) is 5.42. The van der Waals surface area contributed by atoms with Gasteiger partial charge in [-0.25, -0.2) is 0 Å². The topological polar surface area (TPSA) is 40.7 Å². The summed E-state index contributed by atoms with van der Waals surface area (Å²) in [5.41, 5.74) is 2.16. The summed E-state index contributed by atoms with van der Waals surface area (Å²) in [6.45, 7) is 0. The molecule has 56 valence electrons. The van der Waals surface area contributed by atoms with Gasteiger partial charge < -0.3 is 8.51 Å². The van der Waals surface area contributed by atoms with Crippen LogP contribution in [0, 0.1) is 0 Å². The Kier molecular flexibility index (Phi) is 1.69. The molecule has 0 aliphatic heterocycles. The number of H-pyrrole nitrogens is 1. The van der Waals surface area contributed by atoms with Crippen LogP contribution in [0.25, 0.3) is 10.9 Å². The van der Waals surface area contributed by atoms with Gasteiger partial charge in [0.2, 0.25) is 0 Å². The fraction of sp³-hybridized carbons (Fsp3) is 0. The SMILES string of the molecule is INc1c[nH]c2cnccc12. The van der Waals surface area contributed by atoms with Crippen molar-refractivity contribution in [3.63, 3.8) is 0 Å². The Morgan fingerprint density at radius 3 is 3.27 bits per heavy atom. The predicted octanol–water partition coefficient (Wildman–Crippen LogP) is 2.32. The van der Waals surface area contributed by atoms with Crippen LogP contribution in [0.15, 0.2) is 24.7 Å². The molecule has 0 aliphatic carbocycles. The number of aromatic nitrogens is 2. The van der Waals surface area contributed by atoms with Gasteiger partial charge in [0.15, 0.2) is 0 Å². The standard InChI is InChI=1S/C7H6IN3/c8-11-7-4-10-6-3-9-2-1-5(6)7/h1-4,10-11H. The quantitative estimate of drug-likeness (QED) is 0.609. The Hall–Kier alpha value is -0.780. The summed E-state index contributed by atoms with van der Waals surface area (Å²) >= 11 is 2.11. The summed E-state index contributed by atoms with van der Waals surface area (Å²) in [6.07, 6.45) is 5.53. The molecule has 0 spiro atoms. The average Bonchev–Trinajstić information content (AvgIpc) is 2.47. The molecule has 2 N–H and O–H groups in total. The van der Waals surface area contributed by atoms with Crippen molar-refractivity contribution >= 4 is 39.5 Å². The minimum absolute atomic E-state index is 1.06. The van der Waals surface area contributed by atoms with E-state index in [0.717, 1.165) is 11.2 Å². The van der Waals surface area contributed by atoms with Crippen LogP contribution in [0.1, 0.15) is 0 Å². The third-order valence-electron chi connectivity index (χ3n) is 1.59. The average molecular weight is 259 g/mol. The van der Waals surface area contributed by atoms with Crippen molar-refractivity contribution in [1.82, 2.24) is 9.97 Å². The van der Waals surface area contributed by atoms with Crippen molar-refractivity contribution < 1.29 is 0 Å². The van der Waals surface area contributed by atoms with E-state index >= 15 is 0 Å². The van der Waals surface area contributed by atoms with Gasteiger partial charge in [0.1, 0.15) is 0 Å². The minimum Gasteiger partial charge on any atom is -0.358 e. The number of rotatable bonds is 1. The van der Waals surface area contributed by atoms with Gasteiger partial charge >= 0.3 is 0 Å². The molecule has 0 amide bonds. The van der Waals surface area contributed by atoms with E-state index in [9.17, 15) is 0 Å². The Bertz CT molecular complexity index is 368. The van der Waals surface area contributed by atoms with Crippen LogP contribution >= 0.6 is 22.9 Å². The van der Waals surface area contributed by atoms with Crippen molar-refractivity contribution in [2.75, 3.05) is 3.53 Å². The van der Waals surface area contributed by atoms with Crippen LogP contribution in [0.5, 0.6) is 0 Å². The van der Waals surface area contributed by atoms with E-state index in [1.165, 1.54) is 5.39 Å².